The number of ether oxygens (including phenoxy) is 1. The normalized spacial score (nSPS) is 12.5. The number of allylic oxidation sites excluding steroid dienone is 2. The van der Waals surface area contributed by atoms with Gasteiger partial charge in [-0.2, -0.15) is 0 Å². The summed E-state index contributed by atoms with van der Waals surface area (Å²) in [4.78, 5) is 23.0. The largest absolute Gasteiger partial charge is 1.00 e. The van der Waals surface area contributed by atoms with Gasteiger partial charge in [-0.1, -0.05) is 70.4 Å². The van der Waals surface area contributed by atoms with Gasteiger partial charge in [0.1, 0.15) is 6.54 Å². The lowest BCUT2D eigenvalue weighted by atomic mass is 10.1. The Bertz CT molecular complexity index is 475. The van der Waals surface area contributed by atoms with Crippen molar-refractivity contribution in [3.63, 3.8) is 0 Å². The molecule has 1 unspecified atom stereocenters. The molecule has 5 nitrogen and oxygen atoms in total. The van der Waals surface area contributed by atoms with Crippen molar-refractivity contribution in [3.8, 4) is 0 Å². The lowest BCUT2D eigenvalue weighted by molar-refractivity contribution is -0.873. The minimum absolute atomic E-state index is 0. The molecule has 0 spiro atoms. The summed E-state index contributed by atoms with van der Waals surface area (Å²) >= 11 is 0. The predicted octanol–water partition coefficient (Wildman–Crippen LogP) is 3.12. The van der Waals surface area contributed by atoms with Gasteiger partial charge in [-0.25, -0.2) is 0 Å². The monoisotopic (exact) mass is 461 g/mol. The second-order valence-corrected chi connectivity index (χ2v) is 9.52. The number of esters is 1. The number of nitrogens with zero attached hydrogens (tertiary/aromatic N) is 1. The molecule has 0 saturated carbocycles. The van der Waals surface area contributed by atoms with Crippen LogP contribution in [0.1, 0.15) is 103 Å². The SMILES string of the molecule is CCCCCCCCC=CCCCCCCCC(=O)OC(CC(=O)O)C[N+](C)(C)C.[Cl-]. The summed E-state index contributed by atoms with van der Waals surface area (Å²) in [6, 6.07) is 0. The summed E-state index contributed by atoms with van der Waals surface area (Å²) in [6.07, 6.45) is 20.2. The molecule has 0 fully saturated rings. The number of rotatable bonds is 20. The summed E-state index contributed by atoms with van der Waals surface area (Å²) in [5, 5.41) is 9.01. The highest BCUT2D eigenvalue weighted by Gasteiger charge is 2.24. The van der Waals surface area contributed by atoms with E-state index < -0.39 is 12.1 Å². The molecule has 0 aromatic carbocycles. The first kappa shape index (κ1) is 32.1. The van der Waals surface area contributed by atoms with Crippen LogP contribution in [0.2, 0.25) is 0 Å². The first-order chi connectivity index (χ1) is 14.2. The van der Waals surface area contributed by atoms with E-state index >= 15 is 0 Å². The number of halogens is 1. The van der Waals surface area contributed by atoms with Crippen LogP contribution < -0.4 is 12.4 Å². The van der Waals surface area contributed by atoms with Crippen molar-refractivity contribution in [1.29, 1.82) is 0 Å². The quantitative estimate of drug-likeness (QED) is 0.131. The number of hydrogen-bond acceptors (Lipinski definition) is 3. The van der Waals surface area contributed by atoms with Gasteiger partial charge in [-0.3, -0.25) is 9.59 Å². The van der Waals surface area contributed by atoms with Crippen molar-refractivity contribution < 1.29 is 36.3 Å². The van der Waals surface area contributed by atoms with Gasteiger partial charge in [0, 0.05) is 6.42 Å². The lowest BCUT2D eigenvalue weighted by Crippen LogP contribution is -3.00. The van der Waals surface area contributed by atoms with Gasteiger partial charge in [0.15, 0.2) is 6.10 Å². The van der Waals surface area contributed by atoms with Crippen LogP contribution in [-0.2, 0) is 14.3 Å². The van der Waals surface area contributed by atoms with Gasteiger partial charge in [-0.05, 0) is 32.1 Å². The number of carbonyl (C=O) groups is 2. The molecule has 0 aliphatic carbocycles. The zero-order valence-electron chi connectivity index (χ0n) is 20.5. The van der Waals surface area contributed by atoms with Gasteiger partial charge in [-0.15, -0.1) is 0 Å². The minimum Gasteiger partial charge on any atom is -1.00 e. The third-order valence-corrected chi connectivity index (χ3v) is 5.09. The summed E-state index contributed by atoms with van der Waals surface area (Å²) in [6.45, 7) is 2.76. The molecule has 1 N–H and O–H groups in total. The highest BCUT2D eigenvalue weighted by atomic mass is 35.5. The molecule has 184 valence electrons. The number of likely N-dealkylation sites (N-methyl/N-ethyl adjacent to an activating group) is 1. The Morgan fingerprint density at radius 1 is 0.839 bits per heavy atom. The molecule has 1 atom stereocenters. The van der Waals surface area contributed by atoms with Crippen molar-refractivity contribution in [1.82, 2.24) is 0 Å². The lowest BCUT2D eigenvalue weighted by Gasteiger charge is -2.28. The van der Waals surface area contributed by atoms with E-state index in [1.54, 1.807) is 0 Å². The van der Waals surface area contributed by atoms with Crippen LogP contribution in [0.25, 0.3) is 0 Å². The fourth-order valence-electron chi connectivity index (χ4n) is 3.53. The van der Waals surface area contributed by atoms with Crippen molar-refractivity contribution >= 4 is 11.9 Å². The number of hydrogen-bond donors (Lipinski definition) is 1. The third kappa shape index (κ3) is 25.1. The van der Waals surface area contributed by atoms with Crippen molar-refractivity contribution in [2.75, 3.05) is 27.7 Å². The molecule has 0 aromatic rings. The van der Waals surface area contributed by atoms with Crippen molar-refractivity contribution in [2.45, 2.75) is 109 Å². The Hall–Kier alpha value is -1.07. The van der Waals surface area contributed by atoms with E-state index in [4.69, 9.17) is 9.84 Å². The Morgan fingerprint density at radius 2 is 1.32 bits per heavy atom. The van der Waals surface area contributed by atoms with Crippen LogP contribution in [0.3, 0.4) is 0 Å². The van der Waals surface area contributed by atoms with Crippen molar-refractivity contribution in [3.05, 3.63) is 12.2 Å². The van der Waals surface area contributed by atoms with Gasteiger partial charge in [0.05, 0.1) is 27.6 Å². The van der Waals surface area contributed by atoms with Crippen LogP contribution in [-0.4, -0.2) is 55.3 Å². The summed E-state index contributed by atoms with van der Waals surface area (Å²) < 4.78 is 5.98. The Kier molecular flexibility index (Phi) is 21.6. The highest BCUT2D eigenvalue weighted by molar-refractivity contribution is 5.71. The maximum atomic E-state index is 12.0. The second kappa shape index (κ2) is 20.8. The zero-order valence-corrected chi connectivity index (χ0v) is 21.3. The molecule has 0 amide bonds. The van der Waals surface area contributed by atoms with Crippen LogP contribution in [0.15, 0.2) is 12.2 Å². The van der Waals surface area contributed by atoms with Crippen molar-refractivity contribution in [2.24, 2.45) is 0 Å². The fraction of sp³-hybridized carbons (Fsp3) is 0.840. The molecule has 0 rings (SSSR count). The number of carboxylic acids is 1. The standard InChI is InChI=1S/C25H47NO4.ClH/c1-5-6-7-8-9-10-11-12-13-14-15-16-17-18-19-20-25(29)30-23(21-24(27)28)22-26(2,3)4;/h12-13,23H,5-11,14-22H2,1-4H3;1H. The van der Waals surface area contributed by atoms with E-state index in [0.717, 1.165) is 25.7 Å². The third-order valence-electron chi connectivity index (χ3n) is 5.09. The number of carboxylic acid groups (broad SMARTS) is 1. The molecule has 0 aliphatic rings. The van der Waals surface area contributed by atoms with Crippen LogP contribution in [0.4, 0.5) is 0 Å². The molecule has 0 saturated heterocycles. The summed E-state index contributed by atoms with van der Waals surface area (Å²) in [7, 11) is 5.89. The van der Waals surface area contributed by atoms with Crippen LogP contribution in [0.5, 0.6) is 0 Å². The first-order valence-electron chi connectivity index (χ1n) is 12.1. The molecule has 0 aromatic heterocycles. The number of quaternary nitrogens is 1. The van der Waals surface area contributed by atoms with E-state index in [2.05, 4.69) is 19.1 Å². The molecule has 0 radical (unpaired) electrons. The highest BCUT2D eigenvalue weighted by Crippen LogP contribution is 2.12. The van der Waals surface area contributed by atoms with E-state index in [-0.39, 0.29) is 24.8 Å². The van der Waals surface area contributed by atoms with E-state index in [1.165, 1.54) is 57.8 Å². The molecular weight excluding hydrogens is 414 g/mol. The molecule has 0 bridgehead atoms. The van der Waals surface area contributed by atoms with Gasteiger partial charge < -0.3 is 26.7 Å². The zero-order chi connectivity index (χ0) is 22.7. The Labute approximate surface area is 197 Å². The van der Waals surface area contributed by atoms with Crippen LogP contribution in [0, 0.1) is 0 Å². The summed E-state index contributed by atoms with van der Waals surface area (Å²) in [5.74, 6) is -1.20. The van der Waals surface area contributed by atoms with E-state index in [9.17, 15) is 9.59 Å². The van der Waals surface area contributed by atoms with E-state index in [1.807, 2.05) is 21.1 Å². The average Bonchev–Trinajstić information content (AvgIpc) is 2.63. The first-order valence-corrected chi connectivity index (χ1v) is 12.1. The predicted molar refractivity (Wildman–Crippen MR) is 124 cm³/mol. The Balaban J connectivity index is 0. The topological polar surface area (TPSA) is 63.6 Å². The molecule has 0 aliphatic heterocycles. The van der Waals surface area contributed by atoms with E-state index in [0.29, 0.717) is 17.4 Å². The number of aliphatic carboxylic acids is 1. The molecule has 6 heteroatoms. The number of carbonyl (C=O) groups excluding carboxylic acids is 1. The molecule has 31 heavy (non-hydrogen) atoms. The average molecular weight is 462 g/mol. The maximum Gasteiger partial charge on any atom is 0.307 e. The maximum absolute atomic E-state index is 12.0. The van der Waals surface area contributed by atoms with Crippen LogP contribution >= 0.6 is 0 Å². The molecular formula is C25H48ClNO4. The van der Waals surface area contributed by atoms with Gasteiger partial charge in [0.2, 0.25) is 0 Å². The molecule has 0 heterocycles. The number of unbranched alkanes of at least 4 members (excludes halogenated alkanes) is 11. The Morgan fingerprint density at radius 3 is 1.81 bits per heavy atom. The minimum atomic E-state index is -0.928. The summed E-state index contributed by atoms with van der Waals surface area (Å²) in [5.41, 5.74) is 0. The van der Waals surface area contributed by atoms with Gasteiger partial charge >= 0.3 is 11.9 Å². The van der Waals surface area contributed by atoms with Gasteiger partial charge in [0.25, 0.3) is 0 Å². The fourth-order valence-corrected chi connectivity index (χ4v) is 3.53. The smallest absolute Gasteiger partial charge is 0.307 e. The second-order valence-electron chi connectivity index (χ2n) is 9.52.